The molecule has 0 spiro atoms. The number of hydrogen-bond acceptors (Lipinski definition) is 3. The lowest BCUT2D eigenvalue weighted by Crippen LogP contribution is -2.12. The van der Waals surface area contributed by atoms with Crippen LogP contribution in [0.15, 0.2) is 18.2 Å². The average Bonchev–Trinajstić information content (AvgIpc) is 2.83. The monoisotopic (exact) mass is 296 g/mol. The van der Waals surface area contributed by atoms with E-state index < -0.39 is 0 Å². The summed E-state index contributed by atoms with van der Waals surface area (Å²) in [7, 11) is 3.38. The van der Waals surface area contributed by atoms with Crippen molar-refractivity contribution < 1.29 is 9.47 Å². The molecule has 0 radical (unpaired) electrons. The van der Waals surface area contributed by atoms with Gasteiger partial charge in [-0.05, 0) is 32.4 Å². The van der Waals surface area contributed by atoms with E-state index in [2.05, 4.69) is 16.5 Å². The molecule has 0 aliphatic rings. The number of halogens is 1. The standard InChI is InChI=1S/C15H21ClN2O2/c1-10(7-8-19-3)18-14-9-12(20-4)5-6-13(14)17-15(18)11(2)16/h5-6,9-11H,7-8H2,1-4H3. The van der Waals surface area contributed by atoms with E-state index in [0.29, 0.717) is 6.61 Å². The van der Waals surface area contributed by atoms with Gasteiger partial charge < -0.3 is 14.0 Å². The van der Waals surface area contributed by atoms with Crippen molar-refractivity contribution in [3.05, 3.63) is 24.0 Å². The molecule has 2 atom stereocenters. The first-order valence-corrected chi connectivity index (χ1v) is 7.21. The third kappa shape index (κ3) is 2.91. The predicted octanol–water partition coefficient (Wildman–Crippen LogP) is 3.94. The van der Waals surface area contributed by atoms with Crippen molar-refractivity contribution >= 4 is 22.6 Å². The van der Waals surface area contributed by atoms with Crippen LogP contribution in [0.1, 0.15) is 37.5 Å². The van der Waals surface area contributed by atoms with E-state index in [9.17, 15) is 0 Å². The van der Waals surface area contributed by atoms with E-state index in [1.165, 1.54) is 0 Å². The van der Waals surface area contributed by atoms with Crippen LogP contribution in [0.25, 0.3) is 11.0 Å². The van der Waals surface area contributed by atoms with Gasteiger partial charge in [0.05, 0.1) is 23.5 Å². The summed E-state index contributed by atoms with van der Waals surface area (Å²) < 4.78 is 12.7. The second-order valence-electron chi connectivity index (χ2n) is 4.94. The maximum Gasteiger partial charge on any atom is 0.127 e. The number of benzene rings is 1. The number of imidazole rings is 1. The van der Waals surface area contributed by atoms with Crippen LogP contribution in [0, 0.1) is 0 Å². The Morgan fingerprint density at radius 2 is 2.05 bits per heavy atom. The maximum absolute atomic E-state index is 6.29. The quantitative estimate of drug-likeness (QED) is 0.758. The van der Waals surface area contributed by atoms with Gasteiger partial charge in [-0.25, -0.2) is 4.98 Å². The lowest BCUT2D eigenvalue weighted by molar-refractivity contribution is 0.181. The average molecular weight is 297 g/mol. The number of hydrogen-bond donors (Lipinski definition) is 0. The highest BCUT2D eigenvalue weighted by atomic mass is 35.5. The van der Waals surface area contributed by atoms with Crippen molar-refractivity contribution in [2.24, 2.45) is 0 Å². The van der Waals surface area contributed by atoms with Gasteiger partial charge in [-0.2, -0.15) is 0 Å². The molecule has 0 saturated carbocycles. The van der Waals surface area contributed by atoms with Crippen molar-refractivity contribution in [2.75, 3.05) is 20.8 Å². The zero-order valence-electron chi connectivity index (χ0n) is 12.4. The summed E-state index contributed by atoms with van der Waals surface area (Å²) in [5.74, 6) is 1.71. The molecule has 2 aromatic rings. The summed E-state index contributed by atoms with van der Waals surface area (Å²) in [6.07, 6.45) is 0.912. The van der Waals surface area contributed by atoms with Gasteiger partial charge in [-0.1, -0.05) is 0 Å². The number of rotatable bonds is 6. The molecular formula is C15H21ClN2O2. The predicted molar refractivity (Wildman–Crippen MR) is 81.8 cm³/mol. The summed E-state index contributed by atoms with van der Waals surface area (Å²) in [4.78, 5) is 4.65. The fourth-order valence-electron chi connectivity index (χ4n) is 2.38. The summed E-state index contributed by atoms with van der Waals surface area (Å²) in [6, 6.07) is 6.16. The molecule has 1 heterocycles. The molecule has 0 aliphatic carbocycles. The van der Waals surface area contributed by atoms with Gasteiger partial charge in [-0.15, -0.1) is 11.6 Å². The molecule has 0 aliphatic heterocycles. The maximum atomic E-state index is 6.29. The minimum atomic E-state index is -0.140. The Morgan fingerprint density at radius 3 is 2.65 bits per heavy atom. The molecule has 1 aromatic carbocycles. The zero-order valence-corrected chi connectivity index (χ0v) is 13.1. The number of aromatic nitrogens is 2. The first-order chi connectivity index (χ1) is 9.58. The summed E-state index contributed by atoms with van der Waals surface area (Å²) >= 11 is 6.29. The topological polar surface area (TPSA) is 36.3 Å². The molecule has 20 heavy (non-hydrogen) atoms. The first-order valence-electron chi connectivity index (χ1n) is 6.77. The molecule has 4 nitrogen and oxygen atoms in total. The molecule has 2 rings (SSSR count). The van der Waals surface area contributed by atoms with Gasteiger partial charge in [0.1, 0.15) is 11.6 Å². The second kappa shape index (κ2) is 6.46. The molecule has 0 N–H and O–H groups in total. The largest absolute Gasteiger partial charge is 0.497 e. The van der Waals surface area contributed by atoms with Gasteiger partial charge in [0, 0.05) is 25.8 Å². The normalized spacial score (nSPS) is 14.4. The smallest absolute Gasteiger partial charge is 0.127 e. The molecule has 2 unspecified atom stereocenters. The molecule has 0 fully saturated rings. The highest BCUT2D eigenvalue weighted by Gasteiger charge is 2.19. The van der Waals surface area contributed by atoms with Crippen LogP contribution in [0.4, 0.5) is 0 Å². The molecular weight excluding hydrogens is 276 g/mol. The SMILES string of the molecule is COCCC(C)n1c(C(C)Cl)nc2ccc(OC)cc21. The zero-order chi connectivity index (χ0) is 14.7. The van der Waals surface area contributed by atoms with Crippen LogP contribution in [0.2, 0.25) is 0 Å². The van der Waals surface area contributed by atoms with Crippen molar-refractivity contribution in [2.45, 2.75) is 31.7 Å². The van der Waals surface area contributed by atoms with E-state index in [4.69, 9.17) is 21.1 Å². The molecule has 5 heteroatoms. The number of fused-ring (bicyclic) bond motifs is 1. The second-order valence-corrected chi connectivity index (χ2v) is 5.60. The summed E-state index contributed by atoms with van der Waals surface area (Å²) in [6.45, 7) is 4.81. The number of nitrogens with zero attached hydrogens (tertiary/aromatic N) is 2. The highest BCUT2D eigenvalue weighted by molar-refractivity contribution is 6.20. The highest BCUT2D eigenvalue weighted by Crippen LogP contribution is 2.31. The van der Waals surface area contributed by atoms with Gasteiger partial charge in [0.2, 0.25) is 0 Å². The Labute approximate surface area is 124 Å². The van der Waals surface area contributed by atoms with Crippen molar-refractivity contribution in [1.29, 1.82) is 0 Å². The minimum absolute atomic E-state index is 0.140. The Hall–Kier alpha value is -1.26. The molecule has 110 valence electrons. The lowest BCUT2D eigenvalue weighted by Gasteiger charge is -2.18. The van der Waals surface area contributed by atoms with E-state index in [1.54, 1.807) is 14.2 Å². The number of methoxy groups -OCH3 is 2. The Balaban J connectivity index is 2.53. The van der Waals surface area contributed by atoms with E-state index >= 15 is 0 Å². The number of alkyl halides is 1. The fourth-order valence-corrected chi connectivity index (χ4v) is 2.53. The molecule has 0 amide bonds. The molecule has 0 saturated heterocycles. The Bertz CT molecular complexity index is 581. The molecule has 1 aromatic heterocycles. The minimum Gasteiger partial charge on any atom is -0.497 e. The lowest BCUT2D eigenvalue weighted by atomic mass is 10.2. The van der Waals surface area contributed by atoms with Gasteiger partial charge >= 0.3 is 0 Å². The Morgan fingerprint density at radius 1 is 1.30 bits per heavy atom. The van der Waals surface area contributed by atoms with Crippen LogP contribution in [-0.4, -0.2) is 30.4 Å². The summed E-state index contributed by atoms with van der Waals surface area (Å²) in [5.41, 5.74) is 1.99. The van der Waals surface area contributed by atoms with Crippen molar-refractivity contribution in [1.82, 2.24) is 9.55 Å². The van der Waals surface area contributed by atoms with E-state index in [-0.39, 0.29) is 11.4 Å². The van der Waals surface area contributed by atoms with Crippen LogP contribution in [0.5, 0.6) is 5.75 Å². The molecule has 0 bridgehead atoms. The number of ether oxygens (including phenoxy) is 2. The summed E-state index contributed by atoms with van der Waals surface area (Å²) in [5, 5.41) is -0.140. The van der Waals surface area contributed by atoms with E-state index in [1.807, 2.05) is 25.1 Å². The van der Waals surface area contributed by atoms with E-state index in [0.717, 1.165) is 29.0 Å². The first kappa shape index (κ1) is 15.1. The van der Waals surface area contributed by atoms with Gasteiger partial charge in [-0.3, -0.25) is 0 Å². The van der Waals surface area contributed by atoms with Gasteiger partial charge in [0.15, 0.2) is 0 Å². The van der Waals surface area contributed by atoms with Crippen LogP contribution in [0.3, 0.4) is 0 Å². The van der Waals surface area contributed by atoms with Gasteiger partial charge in [0.25, 0.3) is 0 Å². The van der Waals surface area contributed by atoms with Crippen LogP contribution in [-0.2, 0) is 4.74 Å². The third-order valence-electron chi connectivity index (χ3n) is 3.46. The van der Waals surface area contributed by atoms with Crippen molar-refractivity contribution in [3.8, 4) is 5.75 Å². The fraction of sp³-hybridized carbons (Fsp3) is 0.533. The van der Waals surface area contributed by atoms with Crippen LogP contribution < -0.4 is 4.74 Å². The van der Waals surface area contributed by atoms with Crippen LogP contribution >= 0.6 is 11.6 Å². The van der Waals surface area contributed by atoms with Crippen molar-refractivity contribution in [3.63, 3.8) is 0 Å². The third-order valence-corrected chi connectivity index (χ3v) is 3.66. The Kier molecular flexibility index (Phi) is 4.89.